The van der Waals surface area contributed by atoms with E-state index in [1.54, 1.807) is 6.07 Å². The predicted octanol–water partition coefficient (Wildman–Crippen LogP) is 4.90. The molecule has 2 nitrogen and oxygen atoms in total. The molecule has 1 aromatic carbocycles. The Morgan fingerprint density at radius 3 is 2.40 bits per heavy atom. The number of hydrogen-bond donors (Lipinski definition) is 0. The number of rotatable bonds is 1. The summed E-state index contributed by atoms with van der Waals surface area (Å²) in [6.45, 7) is 1.79. The zero-order chi connectivity index (χ0) is 14.2. The zero-order valence-corrected chi connectivity index (χ0v) is 13.8. The second-order valence-corrected chi connectivity index (χ2v) is 7.39. The number of hydrogen-bond acceptors (Lipinski definition) is 1. The molecule has 0 N–H and O–H groups in total. The van der Waals surface area contributed by atoms with Gasteiger partial charge in [-0.25, -0.2) is 0 Å². The largest absolute Gasteiger partial charge is 0.339 e. The van der Waals surface area contributed by atoms with Gasteiger partial charge in [-0.15, -0.1) is 0 Å². The molecule has 1 aliphatic carbocycles. The molecule has 3 rings (SSSR count). The van der Waals surface area contributed by atoms with Crippen LogP contribution in [0.4, 0.5) is 0 Å². The van der Waals surface area contributed by atoms with Crippen molar-refractivity contribution in [3.05, 3.63) is 33.3 Å². The van der Waals surface area contributed by atoms with E-state index in [-0.39, 0.29) is 5.91 Å². The van der Waals surface area contributed by atoms with Crippen LogP contribution < -0.4 is 0 Å². The summed E-state index contributed by atoms with van der Waals surface area (Å²) in [5.41, 5.74) is 1.24. The van der Waals surface area contributed by atoms with Crippen LogP contribution in [0, 0.1) is 5.41 Å². The number of carbonyl (C=O) groups excluding carboxylic acids is 1. The third kappa shape index (κ3) is 2.75. The van der Waals surface area contributed by atoms with Gasteiger partial charge in [0, 0.05) is 23.1 Å². The summed E-state index contributed by atoms with van der Waals surface area (Å²) in [6.07, 6.45) is 7.80. The minimum absolute atomic E-state index is 0.118. The standard InChI is InChI=1S/C16H19BrClNO/c17-13-4-3-12(11-14(13)18)15(20)19-9-7-16(8-10-19)5-1-2-6-16/h3-4,11H,1-2,5-10H2. The molecule has 1 amide bonds. The van der Waals surface area contributed by atoms with Gasteiger partial charge in [0.15, 0.2) is 0 Å². The first kappa shape index (κ1) is 14.4. The van der Waals surface area contributed by atoms with Crippen LogP contribution in [0.25, 0.3) is 0 Å². The highest BCUT2D eigenvalue weighted by Gasteiger charge is 2.38. The first-order valence-corrected chi connectivity index (χ1v) is 8.51. The molecular weight excluding hydrogens is 338 g/mol. The average Bonchev–Trinajstić information content (AvgIpc) is 2.90. The van der Waals surface area contributed by atoms with Gasteiger partial charge in [-0.05, 0) is 65.2 Å². The average molecular weight is 357 g/mol. The van der Waals surface area contributed by atoms with Crippen molar-refractivity contribution in [1.29, 1.82) is 0 Å². The van der Waals surface area contributed by atoms with E-state index >= 15 is 0 Å². The molecule has 0 aromatic heterocycles. The van der Waals surface area contributed by atoms with Crippen molar-refractivity contribution in [3.8, 4) is 0 Å². The van der Waals surface area contributed by atoms with Crippen LogP contribution in [-0.4, -0.2) is 23.9 Å². The highest BCUT2D eigenvalue weighted by Crippen LogP contribution is 2.46. The fourth-order valence-electron chi connectivity index (χ4n) is 3.62. The molecule has 1 aliphatic heterocycles. The van der Waals surface area contributed by atoms with Gasteiger partial charge in [0.2, 0.25) is 0 Å². The maximum Gasteiger partial charge on any atom is 0.253 e. The zero-order valence-electron chi connectivity index (χ0n) is 11.5. The molecule has 1 spiro atoms. The number of nitrogens with zero attached hydrogens (tertiary/aromatic N) is 1. The van der Waals surface area contributed by atoms with Crippen molar-refractivity contribution in [2.24, 2.45) is 5.41 Å². The van der Waals surface area contributed by atoms with Crippen LogP contribution in [0.15, 0.2) is 22.7 Å². The highest BCUT2D eigenvalue weighted by molar-refractivity contribution is 9.10. The predicted molar refractivity (Wildman–Crippen MR) is 85.2 cm³/mol. The number of likely N-dealkylation sites (tertiary alicyclic amines) is 1. The van der Waals surface area contributed by atoms with Crippen molar-refractivity contribution in [1.82, 2.24) is 4.90 Å². The number of carbonyl (C=O) groups is 1. The SMILES string of the molecule is O=C(c1ccc(Br)c(Cl)c1)N1CCC2(CCCC2)CC1. The first-order chi connectivity index (χ1) is 9.60. The highest BCUT2D eigenvalue weighted by atomic mass is 79.9. The van der Waals surface area contributed by atoms with Gasteiger partial charge in [0.1, 0.15) is 0 Å². The fourth-order valence-corrected chi connectivity index (χ4v) is 4.05. The molecular formula is C16H19BrClNO. The summed E-state index contributed by atoms with van der Waals surface area (Å²) in [5, 5.41) is 0.597. The molecule has 108 valence electrons. The number of piperidine rings is 1. The van der Waals surface area contributed by atoms with E-state index in [1.165, 1.54) is 38.5 Å². The van der Waals surface area contributed by atoms with Gasteiger partial charge in [-0.2, -0.15) is 0 Å². The Balaban J connectivity index is 1.68. The second-order valence-electron chi connectivity index (χ2n) is 6.13. The van der Waals surface area contributed by atoms with Gasteiger partial charge in [-0.1, -0.05) is 24.4 Å². The fraction of sp³-hybridized carbons (Fsp3) is 0.562. The number of halogens is 2. The molecule has 2 fully saturated rings. The normalized spacial score (nSPS) is 21.4. The summed E-state index contributed by atoms with van der Waals surface area (Å²) in [6, 6.07) is 5.45. The lowest BCUT2D eigenvalue weighted by Crippen LogP contribution is -2.42. The lowest BCUT2D eigenvalue weighted by atomic mass is 9.77. The molecule has 0 unspecified atom stereocenters. The lowest BCUT2D eigenvalue weighted by Gasteiger charge is -2.39. The molecule has 20 heavy (non-hydrogen) atoms. The molecule has 1 heterocycles. The van der Waals surface area contributed by atoms with Gasteiger partial charge >= 0.3 is 0 Å². The first-order valence-electron chi connectivity index (χ1n) is 7.34. The topological polar surface area (TPSA) is 20.3 Å². The van der Waals surface area contributed by atoms with Crippen molar-refractivity contribution >= 4 is 33.4 Å². The van der Waals surface area contributed by atoms with E-state index in [0.29, 0.717) is 16.0 Å². The summed E-state index contributed by atoms with van der Waals surface area (Å²) in [7, 11) is 0. The summed E-state index contributed by atoms with van der Waals surface area (Å²) >= 11 is 9.44. The second kappa shape index (κ2) is 5.69. The molecule has 0 bridgehead atoms. The van der Waals surface area contributed by atoms with E-state index in [2.05, 4.69) is 15.9 Å². The van der Waals surface area contributed by atoms with E-state index in [1.807, 2.05) is 17.0 Å². The smallest absolute Gasteiger partial charge is 0.253 e. The molecule has 4 heteroatoms. The molecule has 2 aliphatic rings. The van der Waals surface area contributed by atoms with Crippen molar-refractivity contribution < 1.29 is 4.79 Å². The van der Waals surface area contributed by atoms with Gasteiger partial charge < -0.3 is 4.90 Å². The van der Waals surface area contributed by atoms with Gasteiger partial charge in [-0.3, -0.25) is 4.79 Å². The minimum atomic E-state index is 0.118. The summed E-state index contributed by atoms with van der Waals surface area (Å²) in [4.78, 5) is 14.5. The van der Waals surface area contributed by atoms with Crippen LogP contribution in [0.5, 0.6) is 0 Å². The van der Waals surface area contributed by atoms with Crippen LogP contribution in [0.3, 0.4) is 0 Å². The monoisotopic (exact) mass is 355 g/mol. The van der Waals surface area contributed by atoms with Crippen molar-refractivity contribution in [2.75, 3.05) is 13.1 Å². The Morgan fingerprint density at radius 1 is 1.15 bits per heavy atom. The Bertz CT molecular complexity index is 515. The van der Waals surface area contributed by atoms with Crippen LogP contribution >= 0.6 is 27.5 Å². The van der Waals surface area contributed by atoms with Gasteiger partial charge in [0.05, 0.1) is 5.02 Å². The molecule has 1 saturated heterocycles. The summed E-state index contributed by atoms with van der Waals surface area (Å²) < 4.78 is 0.833. The maximum absolute atomic E-state index is 12.5. The van der Waals surface area contributed by atoms with Crippen LogP contribution in [-0.2, 0) is 0 Å². The maximum atomic E-state index is 12.5. The van der Waals surface area contributed by atoms with Crippen molar-refractivity contribution in [2.45, 2.75) is 38.5 Å². The molecule has 0 radical (unpaired) electrons. The third-order valence-electron chi connectivity index (χ3n) is 4.94. The lowest BCUT2D eigenvalue weighted by molar-refractivity contribution is 0.0587. The van der Waals surface area contributed by atoms with E-state index in [4.69, 9.17) is 11.6 Å². The summed E-state index contributed by atoms with van der Waals surface area (Å²) in [5.74, 6) is 0.118. The van der Waals surface area contributed by atoms with Crippen LogP contribution in [0.2, 0.25) is 5.02 Å². The Kier molecular flexibility index (Phi) is 4.09. The van der Waals surface area contributed by atoms with Gasteiger partial charge in [0.25, 0.3) is 5.91 Å². The Labute approximate surface area is 133 Å². The van der Waals surface area contributed by atoms with Crippen LogP contribution in [0.1, 0.15) is 48.9 Å². The van der Waals surface area contributed by atoms with E-state index in [0.717, 1.165) is 17.6 Å². The van der Waals surface area contributed by atoms with E-state index in [9.17, 15) is 4.79 Å². The Hall–Kier alpha value is -0.540. The third-order valence-corrected chi connectivity index (χ3v) is 6.17. The van der Waals surface area contributed by atoms with E-state index < -0.39 is 0 Å². The molecule has 0 atom stereocenters. The quantitative estimate of drug-likeness (QED) is 0.701. The number of amides is 1. The molecule has 1 saturated carbocycles. The number of benzene rings is 1. The Morgan fingerprint density at radius 2 is 1.80 bits per heavy atom. The van der Waals surface area contributed by atoms with Crippen molar-refractivity contribution in [3.63, 3.8) is 0 Å². The molecule has 1 aromatic rings. The minimum Gasteiger partial charge on any atom is -0.339 e.